The lowest BCUT2D eigenvalue weighted by Gasteiger charge is -2.25. The largest absolute Gasteiger partial charge is 0.494 e. The van der Waals surface area contributed by atoms with Crippen molar-refractivity contribution in [2.24, 2.45) is 0 Å². The second-order valence-corrected chi connectivity index (χ2v) is 11.9. The number of anilines is 1. The summed E-state index contributed by atoms with van der Waals surface area (Å²) in [4.78, 5) is 26.5. The van der Waals surface area contributed by atoms with Gasteiger partial charge >= 0.3 is 0 Å². The predicted molar refractivity (Wildman–Crippen MR) is 125 cm³/mol. The number of amides is 2. The molecule has 1 N–H and O–H groups in total. The van der Waals surface area contributed by atoms with Gasteiger partial charge in [0.25, 0.3) is 10.0 Å². The van der Waals surface area contributed by atoms with E-state index in [0.717, 1.165) is 28.4 Å². The van der Waals surface area contributed by atoms with Crippen LogP contribution < -0.4 is 15.0 Å². The SMILES string of the molecule is CCOc1ccc(CNC(=O)CN2C(=O)CSc3sc(S(=O)(=O)N4CCCC4)cc32)cc1. The van der Waals surface area contributed by atoms with Crippen molar-refractivity contribution in [3.05, 3.63) is 35.9 Å². The lowest BCUT2D eigenvalue weighted by Crippen LogP contribution is -2.42. The fraction of sp³-hybridized carbons (Fsp3) is 0.429. The molecule has 0 aliphatic carbocycles. The Morgan fingerprint density at radius 3 is 2.59 bits per heavy atom. The van der Waals surface area contributed by atoms with Gasteiger partial charge in [-0.3, -0.25) is 9.59 Å². The number of nitrogens with one attached hydrogen (secondary N) is 1. The Labute approximate surface area is 196 Å². The maximum absolute atomic E-state index is 12.9. The van der Waals surface area contributed by atoms with Gasteiger partial charge in [0.1, 0.15) is 16.5 Å². The van der Waals surface area contributed by atoms with E-state index in [1.54, 1.807) is 0 Å². The van der Waals surface area contributed by atoms with Gasteiger partial charge in [-0.2, -0.15) is 4.31 Å². The number of hydrogen-bond donors (Lipinski definition) is 1. The molecule has 0 saturated carbocycles. The molecule has 2 aliphatic rings. The molecule has 2 aliphatic heterocycles. The summed E-state index contributed by atoms with van der Waals surface area (Å²) in [5, 5.41) is 2.83. The van der Waals surface area contributed by atoms with Crippen LogP contribution in [0.5, 0.6) is 5.75 Å². The minimum Gasteiger partial charge on any atom is -0.494 e. The molecule has 1 fully saturated rings. The Kier molecular flexibility index (Phi) is 7.08. The first-order valence-electron chi connectivity index (χ1n) is 10.4. The Morgan fingerprint density at radius 2 is 1.91 bits per heavy atom. The number of hydrogen-bond acceptors (Lipinski definition) is 7. The summed E-state index contributed by atoms with van der Waals surface area (Å²) in [6, 6.07) is 8.98. The van der Waals surface area contributed by atoms with E-state index in [1.807, 2.05) is 31.2 Å². The summed E-state index contributed by atoms with van der Waals surface area (Å²) < 4.78 is 33.7. The van der Waals surface area contributed by atoms with Crippen LogP contribution in [0.1, 0.15) is 25.3 Å². The van der Waals surface area contributed by atoms with Gasteiger partial charge in [-0.25, -0.2) is 8.42 Å². The average Bonchev–Trinajstić information content (AvgIpc) is 3.46. The number of ether oxygens (including phenoxy) is 1. The lowest BCUT2D eigenvalue weighted by molar-refractivity contribution is -0.123. The van der Waals surface area contributed by atoms with Crippen LogP contribution >= 0.6 is 23.1 Å². The molecule has 1 aromatic heterocycles. The standard InChI is InChI=1S/C21H25N3O5S3/c1-2-29-16-7-5-15(6-8-16)12-22-18(25)13-24-17-11-20(31-21(17)30-14-19(24)26)32(27,28)23-9-3-4-10-23/h5-8,11H,2-4,9-10,12-14H2,1H3,(H,22,25). The first kappa shape index (κ1) is 23.1. The van der Waals surface area contributed by atoms with Crippen LogP contribution in [0.4, 0.5) is 5.69 Å². The summed E-state index contributed by atoms with van der Waals surface area (Å²) in [5.74, 6) is 0.439. The molecule has 0 atom stereocenters. The quantitative estimate of drug-likeness (QED) is 0.605. The molecular weight excluding hydrogens is 470 g/mol. The van der Waals surface area contributed by atoms with Crippen molar-refractivity contribution < 1.29 is 22.7 Å². The van der Waals surface area contributed by atoms with E-state index in [-0.39, 0.29) is 28.3 Å². The van der Waals surface area contributed by atoms with Crippen LogP contribution in [-0.4, -0.2) is 56.5 Å². The fourth-order valence-electron chi connectivity index (χ4n) is 3.60. The first-order valence-corrected chi connectivity index (χ1v) is 13.7. The number of thiophene rings is 1. The third-order valence-corrected chi connectivity index (χ3v) is 9.99. The number of carbonyl (C=O) groups excluding carboxylic acids is 2. The molecule has 2 amide bonds. The van der Waals surface area contributed by atoms with Gasteiger partial charge in [0, 0.05) is 19.6 Å². The Hall–Kier alpha value is -2.08. The number of carbonyl (C=O) groups is 2. The molecule has 0 unspecified atom stereocenters. The van der Waals surface area contributed by atoms with E-state index < -0.39 is 10.0 Å². The lowest BCUT2D eigenvalue weighted by atomic mass is 10.2. The van der Waals surface area contributed by atoms with E-state index in [9.17, 15) is 18.0 Å². The van der Waals surface area contributed by atoms with Gasteiger partial charge in [0.2, 0.25) is 11.8 Å². The molecule has 2 aromatic rings. The zero-order valence-electron chi connectivity index (χ0n) is 17.7. The molecule has 172 valence electrons. The fourth-order valence-corrected chi connectivity index (χ4v) is 8.04. The highest BCUT2D eigenvalue weighted by atomic mass is 32.3. The van der Waals surface area contributed by atoms with E-state index in [0.29, 0.717) is 31.9 Å². The van der Waals surface area contributed by atoms with Gasteiger partial charge in [0.05, 0.1) is 22.3 Å². The second kappa shape index (κ2) is 9.82. The summed E-state index contributed by atoms with van der Waals surface area (Å²) in [5.41, 5.74) is 1.42. The normalized spacial score (nSPS) is 16.8. The van der Waals surface area contributed by atoms with Crippen LogP contribution in [0.15, 0.2) is 38.8 Å². The second-order valence-electron chi connectivity index (χ2n) is 7.47. The van der Waals surface area contributed by atoms with Gasteiger partial charge in [-0.1, -0.05) is 12.1 Å². The van der Waals surface area contributed by atoms with Crippen LogP contribution in [0.3, 0.4) is 0 Å². The number of fused-ring (bicyclic) bond motifs is 1. The topological polar surface area (TPSA) is 96.0 Å². The Balaban J connectivity index is 1.43. The minimum atomic E-state index is -3.57. The van der Waals surface area contributed by atoms with E-state index >= 15 is 0 Å². The summed E-state index contributed by atoms with van der Waals surface area (Å²) in [7, 11) is -3.57. The highest BCUT2D eigenvalue weighted by Gasteiger charge is 2.34. The number of sulfonamides is 1. The zero-order chi connectivity index (χ0) is 22.7. The van der Waals surface area contributed by atoms with E-state index in [2.05, 4.69) is 5.32 Å². The number of rotatable bonds is 8. The van der Waals surface area contributed by atoms with E-state index in [4.69, 9.17) is 4.74 Å². The monoisotopic (exact) mass is 495 g/mol. The molecule has 11 heteroatoms. The molecule has 1 aromatic carbocycles. The minimum absolute atomic E-state index is 0.149. The highest BCUT2D eigenvalue weighted by molar-refractivity contribution is 8.02. The van der Waals surface area contributed by atoms with Gasteiger partial charge in [-0.05, 0) is 43.5 Å². The summed E-state index contributed by atoms with van der Waals surface area (Å²) in [6.45, 7) is 3.72. The van der Waals surface area contributed by atoms with Crippen LogP contribution in [0.25, 0.3) is 0 Å². The van der Waals surface area contributed by atoms with Gasteiger partial charge in [0.15, 0.2) is 0 Å². The third-order valence-electron chi connectivity index (χ3n) is 5.26. The molecule has 3 heterocycles. The number of benzene rings is 1. The van der Waals surface area contributed by atoms with Crippen molar-refractivity contribution >= 4 is 50.6 Å². The van der Waals surface area contributed by atoms with Crippen LogP contribution in [-0.2, 0) is 26.2 Å². The average molecular weight is 496 g/mol. The third kappa shape index (κ3) is 4.95. The smallest absolute Gasteiger partial charge is 0.252 e. The number of thioether (sulfide) groups is 1. The summed E-state index contributed by atoms with van der Waals surface area (Å²) >= 11 is 2.50. The van der Waals surface area contributed by atoms with Gasteiger partial charge < -0.3 is 15.0 Å². The predicted octanol–water partition coefficient (Wildman–Crippen LogP) is 2.69. The first-order chi connectivity index (χ1) is 15.4. The molecule has 0 bridgehead atoms. The molecule has 0 spiro atoms. The van der Waals surface area contributed by atoms with Crippen molar-refractivity contribution in [3.8, 4) is 5.75 Å². The van der Waals surface area contributed by atoms with Crippen molar-refractivity contribution in [3.63, 3.8) is 0 Å². The van der Waals surface area contributed by atoms with Crippen molar-refractivity contribution in [1.82, 2.24) is 9.62 Å². The Bertz CT molecular complexity index is 1090. The maximum Gasteiger partial charge on any atom is 0.252 e. The van der Waals surface area contributed by atoms with Crippen molar-refractivity contribution in [1.29, 1.82) is 0 Å². The van der Waals surface area contributed by atoms with E-state index in [1.165, 1.54) is 38.4 Å². The summed E-state index contributed by atoms with van der Waals surface area (Å²) in [6.07, 6.45) is 1.72. The van der Waals surface area contributed by atoms with Crippen molar-refractivity contribution in [2.45, 2.75) is 34.7 Å². The van der Waals surface area contributed by atoms with Crippen LogP contribution in [0.2, 0.25) is 0 Å². The molecule has 32 heavy (non-hydrogen) atoms. The Morgan fingerprint density at radius 1 is 1.19 bits per heavy atom. The molecule has 1 saturated heterocycles. The van der Waals surface area contributed by atoms with Gasteiger partial charge in [-0.15, -0.1) is 23.1 Å². The van der Waals surface area contributed by atoms with Crippen LogP contribution in [0, 0.1) is 0 Å². The molecule has 8 nitrogen and oxygen atoms in total. The molecule has 0 radical (unpaired) electrons. The molecule has 4 rings (SSSR count). The number of nitrogens with zero attached hydrogens (tertiary/aromatic N) is 2. The zero-order valence-corrected chi connectivity index (χ0v) is 20.2. The maximum atomic E-state index is 12.9. The molecular formula is C21H25N3O5S3. The highest BCUT2D eigenvalue weighted by Crippen LogP contribution is 2.44. The van der Waals surface area contributed by atoms with Crippen molar-refractivity contribution in [2.75, 3.05) is 36.9 Å².